The molecular weight excluding hydrogens is 769 g/mol. The minimum atomic E-state index is 1.24. The molecule has 1 aliphatic carbocycles. The van der Waals surface area contributed by atoms with Crippen molar-refractivity contribution in [3.63, 3.8) is 0 Å². The quantitative estimate of drug-likeness (QED) is 0.166. The van der Waals surface area contributed by atoms with Crippen LogP contribution in [-0.4, -0.2) is 0 Å². The largest absolute Gasteiger partial charge is 0.0622 e. The highest BCUT2D eigenvalue weighted by Gasteiger charge is 2.33. The van der Waals surface area contributed by atoms with Crippen molar-refractivity contribution in [1.29, 1.82) is 0 Å². The van der Waals surface area contributed by atoms with Crippen molar-refractivity contribution in [2.24, 2.45) is 0 Å². The normalized spacial score (nSPS) is 12.4. The van der Waals surface area contributed by atoms with Gasteiger partial charge < -0.3 is 0 Å². The zero-order chi connectivity index (χ0) is 41.6. The topological polar surface area (TPSA) is 0 Å². The molecule has 1 aliphatic rings. The van der Waals surface area contributed by atoms with Crippen LogP contribution in [0, 0.1) is 0 Å². The second-order valence-corrected chi connectivity index (χ2v) is 17.7. The molecule has 0 heteroatoms. The minimum Gasteiger partial charge on any atom is -0.0622 e. The van der Waals surface area contributed by atoms with Gasteiger partial charge in [0.15, 0.2) is 0 Å². The second-order valence-electron chi connectivity index (χ2n) is 17.7. The van der Waals surface area contributed by atoms with Gasteiger partial charge in [0.05, 0.1) is 0 Å². The molecule has 14 aromatic carbocycles. The summed E-state index contributed by atoms with van der Waals surface area (Å²) in [6.45, 7) is 0. The molecule has 0 saturated heterocycles. The summed E-state index contributed by atoms with van der Waals surface area (Å²) in [6, 6.07) is 82.0. The van der Waals surface area contributed by atoms with Gasteiger partial charge in [0.2, 0.25) is 0 Å². The van der Waals surface area contributed by atoms with Crippen LogP contribution in [0.25, 0.3) is 153 Å². The molecule has 64 heavy (non-hydrogen) atoms. The molecule has 0 saturated carbocycles. The molecule has 0 N–H and O–H groups in total. The predicted octanol–water partition coefficient (Wildman–Crippen LogP) is 18.1. The summed E-state index contributed by atoms with van der Waals surface area (Å²) in [5, 5.41) is 21.1. The average Bonchev–Trinajstić information content (AvgIpc) is 3.99. The summed E-state index contributed by atoms with van der Waals surface area (Å²) < 4.78 is 0. The van der Waals surface area contributed by atoms with E-state index in [-0.39, 0.29) is 0 Å². The first-order valence-electron chi connectivity index (χ1n) is 22.4. The Bertz CT molecular complexity index is 3970. The molecule has 0 bridgehead atoms. The van der Waals surface area contributed by atoms with Gasteiger partial charge in [0, 0.05) is 0 Å². The standard InChI is InChI=1S/C64H36/c1-5-17-38(18-6-1)55-42-27-13-14-28-43(42)56(39-19-7-2-8-20-39)64-49-34-32-45-51-36-53-52(35-50(51)44-31-33-48(63(55)64)60(49)59(44)45)57(40-21-9-3-10-22-40)61-46-29-15-25-37-26-16-30-47(54(37)46)62(61)58(53)41-23-11-4-12-24-41/h1-36H. The number of fused-ring (bicyclic) bond motifs is 11. The van der Waals surface area contributed by atoms with Crippen molar-refractivity contribution in [3.8, 4) is 66.8 Å². The molecule has 0 spiro atoms. The van der Waals surface area contributed by atoms with Crippen molar-refractivity contribution >= 4 is 86.2 Å². The zero-order valence-electron chi connectivity index (χ0n) is 34.8. The van der Waals surface area contributed by atoms with Crippen LogP contribution < -0.4 is 0 Å². The third-order valence-electron chi connectivity index (χ3n) is 14.6. The van der Waals surface area contributed by atoms with E-state index in [0.29, 0.717) is 0 Å². The second kappa shape index (κ2) is 12.6. The summed E-state index contributed by atoms with van der Waals surface area (Å²) in [6.07, 6.45) is 0. The molecule has 15 rings (SSSR count). The maximum Gasteiger partial charge on any atom is -0.000740 e. The van der Waals surface area contributed by atoms with E-state index in [1.165, 1.54) is 153 Å². The molecule has 0 atom stereocenters. The lowest BCUT2D eigenvalue weighted by atomic mass is 9.82. The van der Waals surface area contributed by atoms with E-state index in [2.05, 4.69) is 218 Å². The lowest BCUT2D eigenvalue weighted by Gasteiger charge is -2.20. The maximum atomic E-state index is 2.56. The van der Waals surface area contributed by atoms with Gasteiger partial charge in [-0.15, -0.1) is 0 Å². The monoisotopic (exact) mass is 804 g/mol. The highest BCUT2D eigenvalue weighted by molar-refractivity contribution is 6.43. The third-order valence-corrected chi connectivity index (χ3v) is 14.6. The number of benzene rings is 12. The Morgan fingerprint density at radius 1 is 0.172 bits per heavy atom. The van der Waals surface area contributed by atoms with E-state index in [0.717, 1.165) is 0 Å². The van der Waals surface area contributed by atoms with Gasteiger partial charge in [0.1, 0.15) is 0 Å². The molecule has 0 unspecified atom stereocenters. The van der Waals surface area contributed by atoms with E-state index in [1.54, 1.807) is 0 Å². The van der Waals surface area contributed by atoms with Gasteiger partial charge in [-0.3, -0.25) is 0 Å². The molecule has 292 valence electrons. The molecule has 0 heterocycles. The smallest absolute Gasteiger partial charge is 0.000740 e. The maximum absolute atomic E-state index is 2.56. The number of rotatable bonds is 4. The van der Waals surface area contributed by atoms with E-state index in [1.807, 2.05) is 0 Å². The Balaban J connectivity index is 1.14. The van der Waals surface area contributed by atoms with Crippen molar-refractivity contribution in [3.05, 3.63) is 218 Å². The first-order chi connectivity index (χ1) is 31.8. The van der Waals surface area contributed by atoms with Crippen molar-refractivity contribution < 1.29 is 0 Å². The molecule has 0 nitrogen and oxygen atoms in total. The van der Waals surface area contributed by atoms with Gasteiger partial charge in [-0.25, -0.2) is 0 Å². The summed E-state index contributed by atoms with van der Waals surface area (Å²) in [5.74, 6) is 0. The third kappa shape index (κ3) is 4.37. The van der Waals surface area contributed by atoms with Gasteiger partial charge in [-0.1, -0.05) is 206 Å². The molecule has 0 aromatic heterocycles. The van der Waals surface area contributed by atoms with Crippen LogP contribution in [0.15, 0.2) is 218 Å². The van der Waals surface area contributed by atoms with E-state index in [4.69, 9.17) is 0 Å². The number of hydrogen-bond acceptors (Lipinski definition) is 0. The molecule has 0 fully saturated rings. The molecule has 14 aromatic rings. The summed E-state index contributed by atoms with van der Waals surface area (Å²) in [4.78, 5) is 0. The first-order valence-corrected chi connectivity index (χ1v) is 22.4. The van der Waals surface area contributed by atoms with Gasteiger partial charge in [-0.05, 0) is 165 Å². The van der Waals surface area contributed by atoms with Crippen LogP contribution in [0.4, 0.5) is 0 Å². The Morgan fingerprint density at radius 3 is 0.969 bits per heavy atom. The van der Waals surface area contributed by atoms with Crippen LogP contribution in [0.1, 0.15) is 0 Å². The van der Waals surface area contributed by atoms with Crippen molar-refractivity contribution in [2.75, 3.05) is 0 Å². The summed E-state index contributed by atoms with van der Waals surface area (Å²) >= 11 is 0. The van der Waals surface area contributed by atoms with E-state index in [9.17, 15) is 0 Å². The fourth-order valence-electron chi connectivity index (χ4n) is 12.2. The lowest BCUT2D eigenvalue weighted by molar-refractivity contribution is 1.62. The van der Waals surface area contributed by atoms with Crippen LogP contribution >= 0.6 is 0 Å². The molecular formula is C64H36. The minimum absolute atomic E-state index is 1.24. The van der Waals surface area contributed by atoms with E-state index >= 15 is 0 Å². The summed E-state index contributed by atoms with van der Waals surface area (Å²) in [5.41, 5.74) is 15.5. The Labute approximate surface area is 369 Å². The average molecular weight is 805 g/mol. The van der Waals surface area contributed by atoms with Gasteiger partial charge in [-0.2, -0.15) is 0 Å². The molecule has 0 radical (unpaired) electrons. The highest BCUT2D eigenvalue weighted by atomic mass is 14.3. The Hall–Kier alpha value is -8.32. The van der Waals surface area contributed by atoms with Crippen molar-refractivity contribution in [2.45, 2.75) is 0 Å². The molecule has 0 amide bonds. The Kier molecular flexibility index (Phi) is 6.77. The van der Waals surface area contributed by atoms with Crippen LogP contribution in [0.3, 0.4) is 0 Å². The lowest BCUT2D eigenvalue weighted by Crippen LogP contribution is -1.93. The van der Waals surface area contributed by atoms with E-state index < -0.39 is 0 Å². The van der Waals surface area contributed by atoms with Crippen LogP contribution in [0.2, 0.25) is 0 Å². The number of hydrogen-bond donors (Lipinski definition) is 0. The van der Waals surface area contributed by atoms with Crippen molar-refractivity contribution in [1.82, 2.24) is 0 Å². The first kappa shape index (κ1) is 34.3. The summed E-state index contributed by atoms with van der Waals surface area (Å²) in [7, 11) is 0. The molecule has 0 aliphatic heterocycles. The highest BCUT2D eigenvalue weighted by Crippen LogP contribution is 2.60. The van der Waals surface area contributed by atoms with Crippen LogP contribution in [-0.2, 0) is 0 Å². The SMILES string of the molecule is c1ccc(-c2c3c(c(-c4ccccc4)c4ccccc24)-c2ccc4c5cc6c(-c7ccccc7)c7c8cccc9cccc(c7c(-c7ccccc7)c6cc5c5ccc-3c2c54)c98)cc1. The fraction of sp³-hybridized carbons (Fsp3) is 0. The van der Waals surface area contributed by atoms with Crippen LogP contribution in [0.5, 0.6) is 0 Å². The zero-order valence-corrected chi connectivity index (χ0v) is 34.8. The van der Waals surface area contributed by atoms with Gasteiger partial charge in [0.25, 0.3) is 0 Å². The fourth-order valence-corrected chi connectivity index (χ4v) is 12.2. The Morgan fingerprint density at radius 2 is 0.547 bits per heavy atom. The van der Waals surface area contributed by atoms with Gasteiger partial charge >= 0.3 is 0 Å². The predicted molar refractivity (Wildman–Crippen MR) is 275 cm³/mol.